The summed E-state index contributed by atoms with van der Waals surface area (Å²) < 4.78 is 15.1. The maximum atomic E-state index is 13.1. The summed E-state index contributed by atoms with van der Waals surface area (Å²) in [5, 5.41) is 0. The number of aromatic nitrogens is 2. The van der Waals surface area contributed by atoms with Crippen molar-refractivity contribution in [2.24, 2.45) is 0 Å². The van der Waals surface area contributed by atoms with Crippen LogP contribution in [0.1, 0.15) is 30.9 Å². The fourth-order valence-corrected chi connectivity index (χ4v) is 2.21. The van der Waals surface area contributed by atoms with Crippen LogP contribution < -0.4 is 5.73 Å². The van der Waals surface area contributed by atoms with Crippen LogP contribution in [-0.2, 0) is 0 Å². The van der Waals surface area contributed by atoms with Gasteiger partial charge in [0.2, 0.25) is 0 Å². The largest absolute Gasteiger partial charge is 0.396 e. The van der Waals surface area contributed by atoms with Crippen LogP contribution in [-0.4, -0.2) is 9.55 Å². The third-order valence-electron chi connectivity index (χ3n) is 3.45. The lowest BCUT2D eigenvalue weighted by atomic mass is 9.83. The van der Waals surface area contributed by atoms with Crippen LogP contribution in [0.5, 0.6) is 0 Å². The Labute approximate surface area is 99.1 Å². The first kappa shape index (κ1) is 10.3. The van der Waals surface area contributed by atoms with Crippen molar-refractivity contribution in [1.82, 2.24) is 9.55 Å². The zero-order chi connectivity index (χ0) is 11.8. The van der Waals surface area contributed by atoms with E-state index >= 15 is 0 Å². The van der Waals surface area contributed by atoms with Gasteiger partial charge in [0.1, 0.15) is 5.82 Å². The van der Waals surface area contributed by atoms with Gasteiger partial charge in [-0.05, 0) is 31.0 Å². The third-order valence-corrected chi connectivity index (χ3v) is 3.45. The number of halogens is 1. The van der Waals surface area contributed by atoms with E-state index in [-0.39, 0.29) is 11.5 Å². The van der Waals surface area contributed by atoms with Crippen molar-refractivity contribution in [3.05, 3.63) is 42.2 Å². The second kappa shape index (κ2) is 3.87. The Bertz CT molecular complexity index is 543. The third kappa shape index (κ3) is 1.69. The van der Waals surface area contributed by atoms with Gasteiger partial charge in [-0.1, -0.05) is 6.42 Å². The molecule has 1 heterocycles. The van der Waals surface area contributed by atoms with Crippen molar-refractivity contribution in [2.75, 3.05) is 5.73 Å². The Morgan fingerprint density at radius 2 is 2.18 bits per heavy atom. The minimum absolute atomic E-state index is 0.177. The lowest BCUT2D eigenvalue weighted by molar-refractivity contribution is 0.407. The van der Waals surface area contributed by atoms with Gasteiger partial charge in [0.25, 0.3) is 0 Å². The second-order valence-electron chi connectivity index (χ2n) is 4.52. The van der Waals surface area contributed by atoms with E-state index in [1.807, 2.05) is 10.8 Å². The number of hydrogen-bond acceptors (Lipinski definition) is 2. The Balaban J connectivity index is 2.02. The van der Waals surface area contributed by atoms with Crippen molar-refractivity contribution < 1.29 is 4.39 Å². The van der Waals surface area contributed by atoms with Crippen LogP contribution in [0.25, 0.3) is 5.69 Å². The van der Waals surface area contributed by atoms with Crippen LogP contribution in [0.15, 0.2) is 30.7 Å². The molecule has 88 valence electrons. The van der Waals surface area contributed by atoms with E-state index in [2.05, 4.69) is 4.98 Å². The molecule has 2 N–H and O–H groups in total. The summed E-state index contributed by atoms with van der Waals surface area (Å²) in [6.45, 7) is 0. The van der Waals surface area contributed by atoms with E-state index in [1.54, 1.807) is 18.5 Å². The van der Waals surface area contributed by atoms with Crippen LogP contribution in [0.2, 0.25) is 0 Å². The molecule has 1 aliphatic rings. The molecule has 1 fully saturated rings. The molecule has 0 radical (unpaired) electrons. The number of nitrogens with two attached hydrogens (primary N) is 1. The molecule has 1 aromatic carbocycles. The monoisotopic (exact) mass is 231 g/mol. The van der Waals surface area contributed by atoms with E-state index in [0.717, 1.165) is 5.69 Å². The van der Waals surface area contributed by atoms with E-state index in [0.29, 0.717) is 5.92 Å². The SMILES string of the molecule is Nc1cc(-n2cncc2C2CCC2)ccc1F. The summed E-state index contributed by atoms with van der Waals surface area (Å²) in [6, 6.07) is 4.78. The molecule has 17 heavy (non-hydrogen) atoms. The van der Waals surface area contributed by atoms with Gasteiger partial charge in [0.15, 0.2) is 0 Å². The van der Waals surface area contributed by atoms with Crippen LogP contribution in [0.4, 0.5) is 10.1 Å². The highest BCUT2D eigenvalue weighted by Crippen LogP contribution is 2.37. The van der Waals surface area contributed by atoms with Crippen LogP contribution in [0.3, 0.4) is 0 Å². The summed E-state index contributed by atoms with van der Waals surface area (Å²) in [4.78, 5) is 4.18. The Kier molecular flexibility index (Phi) is 2.35. The molecule has 3 rings (SSSR count). The molecule has 4 heteroatoms. The first-order valence-electron chi connectivity index (χ1n) is 5.83. The van der Waals surface area contributed by atoms with Gasteiger partial charge < -0.3 is 10.3 Å². The molecule has 1 aliphatic carbocycles. The molecule has 0 amide bonds. The van der Waals surface area contributed by atoms with Crippen LogP contribution >= 0.6 is 0 Å². The van der Waals surface area contributed by atoms with Gasteiger partial charge in [-0.3, -0.25) is 0 Å². The fraction of sp³-hybridized carbons (Fsp3) is 0.308. The Morgan fingerprint density at radius 3 is 2.82 bits per heavy atom. The van der Waals surface area contributed by atoms with E-state index < -0.39 is 0 Å². The highest BCUT2D eigenvalue weighted by molar-refractivity contribution is 5.49. The van der Waals surface area contributed by atoms with E-state index in [9.17, 15) is 4.39 Å². The summed E-state index contributed by atoms with van der Waals surface area (Å²) in [7, 11) is 0. The number of rotatable bonds is 2. The van der Waals surface area contributed by atoms with Gasteiger partial charge in [0.05, 0.1) is 12.0 Å². The smallest absolute Gasteiger partial charge is 0.146 e. The van der Waals surface area contributed by atoms with Gasteiger partial charge in [-0.15, -0.1) is 0 Å². The van der Waals surface area contributed by atoms with Gasteiger partial charge in [0, 0.05) is 23.5 Å². The van der Waals surface area contributed by atoms with E-state index in [4.69, 9.17) is 5.73 Å². The Morgan fingerprint density at radius 1 is 1.35 bits per heavy atom. The van der Waals surface area contributed by atoms with E-state index in [1.165, 1.54) is 31.0 Å². The average molecular weight is 231 g/mol. The number of nitrogen functional groups attached to an aromatic ring is 1. The highest BCUT2D eigenvalue weighted by Gasteiger charge is 2.23. The number of anilines is 1. The maximum Gasteiger partial charge on any atom is 0.146 e. The minimum atomic E-state index is -0.376. The highest BCUT2D eigenvalue weighted by atomic mass is 19.1. The van der Waals surface area contributed by atoms with Gasteiger partial charge >= 0.3 is 0 Å². The number of benzene rings is 1. The fourth-order valence-electron chi connectivity index (χ4n) is 2.21. The summed E-state index contributed by atoms with van der Waals surface area (Å²) in [5.41, 5.74) is 7.84. The molecule has 0 atom stereocenters. The molecule has 0 aliphatic heterocycles. The van der Waals surface area contributed by atoms with Crippen LogP contribution in [0, 0.1) is 5.82 Å². The summed E-state index contributed by atoms with van der Waals surface area (Å²) >= 11 is 0. The molecule has 2 aromatic rings. The lowest BCUT2D eigenvalue weighted by Gasteiger charge is -2.26. The zero-order valence-electron chi connectivity index (χ0n) is 9.44. The molecular weight excluding hydrogens is 217 g/mol. The lowest BCUT2D eigenvalue weighted by Crippen LogP contribution is -2.13. The quantitative estimate of drug-likeness (QED) is 0.808. The van der Waals surface area contributed by atoms with Crippen molar-refractivity contribution in [3.63, 3.8) is 0 Å². The van der Waals surface area contributed by atoms with Crippen molar-refractivity contribution >= 4 is 5.69 Å². The van der Waals surface area contributed by atoms with Crippen molar-refractivity contribution in [3.8, 4) is 5.69 Å². The predicted octanol–water partition coefficient (Wildman–Crippen LogP) is 2.86. The molecule has 1 saturated carbocycles. The first-order valence-corrected chi connectivity index (χ1v) is 5.83. The molecule has 0 bridgehead atoms. The number of nitrogens with zero attached hydrogens (tertiary/aromatic N) is 2. The molecule has 3 nitrogen and oxygen atoms in total. The first-order chi connectivity index (χ1) is 8.25. The summed E-state index contributed by atoms with van der Waals surface area (Å²) in [5.74, 6) is 0.211. The molecule has 0 saturated heterocycles. The Hall–Kier alpha value is -1.84. The molecule has 1 aromatic heterocycles. The zero-order valence-corrected chi connectivity index (χ0v) is 9.44. The number of hydrogen-bond donors (Lipinski definition) is 1. The second-order valence-corrected chi connectivity index (χ2v) is 4.52. The predicted molar refractivity (Wildman–Crippen MR) is 64.5 cm³/mol. The maximum absolute atomic E-state index is 13.1. The number of imidazole rings is 1. The molecular formula is C13H14FN3. The van der Waals surface area contributed by atoms with Gasteiger partial charge in [-0.2, -0.15) is 0 Å². The molecule has 0 spiro atoms. The molecule has 0 unspecified atom stereocenters. The van der Waals surface area contributed by atoms with Crippen molar-refractivity contribution in [2.45, 2.75) is 25.2 Å². The normalized spacial score (nSPS) is 15.8. The standard InChI is InChI=1S/C13H14FN3/c14-11-5-4-10(6-12(11)15)17-8-16-7-13(17)9-2-1-3-9/h4-9H,1-3,15H2. The van der Waals surface area contributed by atoms with Crippen molar-refractivity contribution in [1.29, 1.82) is 0 Å². The van der Waals surface area contributed by atoms with Gasteiger partial charge in [-0.25, -0.2) is 9.37 Å². The topological polar surface area (TPSA) is 43.8 Å². The summed E-state index contributed by atoms with van der Waals surface area (Å²) in [6.07, 6.45) is 7.36. The minimum Gasteiger partial charge on any atom is -0.396 e. The average Bonchev–Trinajstić information content (AvgIpc) is 2.68.